The lowest BCUT2D eigenvalue weighted by molar-refractivity contribution is 0.581. The monoisotopic (exact) mass is 298 g/mol. The number of nitrogens with one attached hydrogen (secondary N) is 2. The second-order valence-electron chi connectivity index (χ2n) is 3.81. The molecule has 2 aromatic heterocycles. The van der Waals surface area contributed by atoms with Crippen LogP contribution in [-0.2, 0) is 16.6 Å². The maximum absolute atomic E-state index is 12.1. The number of nitrogens with zero attached hydrogens (tertiary/aromatic N) is 2. The molecule has 6 nitrogen and oxygen atoms in total. The summed E-state index contributed by atoms with van der Waals surface area (Å²) in [5, 5.41) is 2.81. The number of aryl methyl sites for hydroxylation is 1. The molecule has 0 unspecified atom stereocenters. The van der Waals surface area contributed by atoms with Crippen molar-refractivity contribution in [1.29, 1.82) is 0 Å². The van der Waals surface area contributed by atoms with Gasteiger partial charge in [-0.2, -0.15) is 0 Å². The van der Waals surface area contributed by atoms with E-state index in [1.807, 2.05) is 6.92 Å². The fourth-order valence-electron chi connectivity index (χ4n) is 1.45. The maximum Gasteiger partial charge on any atom is 0.241 e. The second kappa shape index (κ2) is 5.64. The van der Waals surface area contributed by atoms with Crippen LogP contribution >= 0.6 is 11.3 Å². The predicted octanol–water partition coefficient (Wildman–Crippen LogP) is 1.37. The summed E-state index contributed by atoms with van der Waals surface area (Å²) < 4.78 is 26.8. The molecule has 102 valence electrons. The van der Waals surface area contributed by atoms with Gasteiger partial charge in [0.05, 0.1) is 16.1 Å². The fraction of sp³-hybridized carbons (Fsp3) is 0.273. The number of rotatable bonds is 5. The average molecular weight is 298 g/mol. The number of thiazole rings is 1. The minimum absolute atomic E-state index is 0.189. The summed E-state index contributed by atoms with van der Waals surface area (Å²) >= 11 is 1.43. The highest BCUT2D eigenvalue weighted by atomic mass is 32.2. The Morgan fingerprint density at radius 3 is 2.79 bits per heavy atom. The van der Waals surface area contributed by atoms with E-state index < -0.39 is 10.0 Å². The van der Waals surface area contributed by atoms with E-state index in [0.717, 1.165) is 10.6 Å². The van der Waals surface area contributed by atoms with Crippen LogP contribution in [0.25, 0.3) is 0 Å². The molecule has 0 amide bonds. The van der Waals surface area contributed by atoms with Crippen LogP contribution in [0, 0.1) is 6.92 Å². The standard InChI is InChI=1S/C11H14N4O2S2/c1-8-10(18-7-14-8)6-15-19(16,17)9-3-4-13-11(5-9)12-2/h3-5,7,15H,6H2,1-2H3,(H,12,13). The lowest BCUT2D eigenvalue weighted by atomic mass is 10.4. The first-order chi connectivity index (χ1) is 9.03. The van der Waals surface area contributed by atoms with Gasteiger partial charge in [0, 0.05) is 30.7 Å². The molecule has 0 aliphatic heterocycles. The van der Waals surface area contributed by atoms with Gasteiger partial charge in [-0.1, -0.05) is 0 Å². The molecule has 2 aromatic rings. The van der Waals surface area contributed by atoms with Crippen LogP contribution in [0.2, 0.25) is 0 Å². The lowest BCUT2D eigenvalue weighted by Crippen LogP contribution is -2.23. The summed E-state index contributed by atoms with van der Waals surface area (Å²) in [5.74, 6) is 0.511. The van der Waals surface area contributed by atoms with Crippen LogP contribution in [0.1, 0.15) is 10.6 Å². The first-order valence-corrected chi connectivity index (χ1v) is 7.91. The topological polar surface area (TPSA) is 84.0 Å². The van der Waals surface area contributed by atoms with Gasteiger partial charge in [-0.05, 0) is 13.0 Å². The highest BCUT2D eigenvalue weighted by molar-refractivity contribution is 7.89. The van der Waals surface area contributed by atoms with Crippen molar-refractivity contribution in [3.8, 4) is 0 Å². The Bertz CT molecular complexity index is 667. The van der Waals surface area contributed by atoms with E-state index >= 15 is 0 Å². The lowest BCUT2D eigenvalue weighted by Gasteiger charge is -2.07. The van der Waals surface area contributed by atoms with Gasteiger partial charge in [0.15, 0.2) is 0 Å². The zero-order chi connectivity index (χ0) is 13.9. The van der Waals surface area contributed by atoms with Crippen molar-refractivity contribution in [2.24, 2.45) is 0 Å². The SMILES string of the molecule is CNc1cc(S(=O)(=O)NCc2scnc2C)ccn1. The van der Waals surface area contributed by atoms with E-state index in [9.17, 15) is 8.42 Å². The minimum Gasteiger partial charge on any atom is -0.373 e. The first kappa shape index (κ1) is 13.9. The van der Waals surface area contributed by atoms with Gasteiger partial charge in [-0.3, -0.25) is 0 Å². The fourth-order valence-corrected chi connectivity index (χ4v) is 3.27. The van der Waals surface area contributed by atoms with Crippen LogP contribution in [0.5, 0.6) is 0 Å². The van der Waals surface area contributed by atoms with Crippen molar-refractivity contribution in [3.63, 3.8) is 0 Å². The van der Waals surface area contributed by atoms with Crippen molar-refractivity contribution in [1.82, 2.24) is 14.7 Å². The molecule has 0 bridgehead atoms. The zero-order valence-corrected chi connectivity index (χ0v) is 12.2. The van der Waals surface area contributed by atoms with Gasteiger partial charge >= 0.3 is 0 Å². The molecule has 0 aromatic carbocycles. The number of aromatic nitrogens is 2. The predicted molar refractivity (Wildman–Crippen MR) is 74.7 cm³/mol. The van der Waals surface area contributed by atoms with Crippen LogP contribution in [0.3, 0.4) is 0 Å². The molecule has 0 aliphatic carbocycles. The molecule has 0 radical (unpaired) electrons. The van der Waals surface area contributed by atoms with Crippen molar-refractivity contribution < 1.29 is 8.42 Å². The molecular formula is C11H14N4O2S2. The third-order valence-corrected chi connectivity index (χ3v) is 4.90. The number of hydrogen-bond acceptors (Lipinski definition) is 6. The highest BCUT2D eigenvalue weighted by Gasteiger charge is 2.15. The third-order valence-electron chi connectivity index (χ3n) is 2.57. The largest absolute Gasteiger partial charge is 0.373 e. The number of pyridine rings is 1. The molecular weight excluding hydrogens is 284 g/mol. The summed E-state index contributed by atoms with van der Waals surface area (Å²) in [6.07, 6.45) is 1.46. The Morgan fingerprint density at radius 2 is 2.16 bits per heavy atom. The smallest absolute Gasteiger partial charge is 0.241 e. The molecule has 0 saturated heterocycles. The van der Waals surface area contributed by atoms with Crippen LogP contribution in [0.4, 0.5) is 5.82 Å². The molecule has 8 heteroatoms. The Hall–Kier alpha value is -1.51. The Morgan fingerprint density at radius 1 is 1.37 bits per heavy atom. The first-order valence-electron chi connectivity index (χ1n) is 5.55. The molecule has 2 rings (SSSR count). The van der Waals surface area contributed by atoms with E-state index in [2.05, 4.69) is 20.0 Å². The second-order valence-corrected chi connectivity index (χ2v) is 6.52. The van der Waals surface area contributed by atoms with Crippen molar-refractivity contribution in [2.75, 3.05) is 12.4 Å². The Kier molecular flexibility index (Phi) is 4.13. The molecule has 2 N–H and O–H groups in total. The normalized spacial score (nSPS) is 11.5. The molecule has 0 saturated carbocycles. The molecule has 2 heterocycles. The van der Waals surface area contributed by atoms with Crippen LogP contribution in [-0.4, -0.2) is 25.4 Å². The molecule has 0 fully saturated rings. The molecule has 0 atom stereocenters. The zero-order valence-electron chi connectivity index (χ0n) is 10.5. The quantitative estimate of drug-likeness (QED) is 0.871. The van der Waals surface area contributed by atoms with Gasteiger partial charge in [0.25, 0.3) is 0 Å². The summed E-state index contributed by atoms with van der Waals surface area (Å²) in [5.41, 5.74) is 2.54. The van der Waals surface area contributed by atoms with Crippen LogP contribution < -0.4 is 10.0 Å². The highest BCUT2D eigenvalue weighted by Crippen LogP contribution is 2.15. The summed E-state index contributed by atoms with van der Waals surface area (Å²) in [4.78, 5) is 9.16. The minimum atomic E-state index is -3.54. The maximum atomic E-state index is 12.1. The Labute approximate surface area is 116 Å². The van der Waals surface area contributed by atoms with Crippen molar-refractivity contribution in [2.45, 2.75) is 18.4 Å². The molecule has 19 heavy (non-hydrogen) atoms. The van der Waals surface area contributed by atoms with Crippen molar-refractivity contribution >= 4 is 27.2 Å². The Balaban J connectivity index is 2.16. The number of sulfonamides is 1. The van der Waals surface area contributed by atoms with E-state index in [1.54, 1.807) is 12.6 Å². The summed E-state index contributed by atoms with van der Waals surface area (Å²) in [6.45, 7) is 2.10. The van der Waals surface area contributed by atoms with Gasteiger partial charge < -0.3 is 5.32 Å². The van der Waals surface area contributed by atoms with Gasteiger partial charge in [-0.25, -0.2) is 23.1 Å². The van der Waals surface area contributed by atoms with E-state index in [-0.39, 0.29) is 11.4 Å². The number of hydrogen-bond donors (Lipinski definition) is 2. The van der Waals surface area contributed by atoms with Gasteiger partial charge in [0.1, 0.15) is 5.82 Å². The average Bonchev–Trinajstić information content (AvgIpc) is 2.82. The molecule has 0 spiro atoms. The number of anilines is 1. The summed E-state index contributed by atoms with van der Waals surface area (Å²) in [6, 6.07) is 2.95. The molecule has 0 aliphatic rings. The van der Waals surface area contributed by atoms with Crippen molar-refractivity contribution in [3.05, 3.63) is 34.4 Å². The summed E-state index contributed by atoms with van der Waals surface area (Å²) in [7, 11) is -1.85. The van der Waals surface area contributed by atoms with Gasteiger partial charge in [0.2, 0.25) is 10.0 Å². The van der Waals surface area contributed by atoms with Gasteiger partial charge in [-0.15, -0.1) is 11.3 Å². The van der Waals surface area contributed by atoms with E-state index in [1.165, 1.54) is 29.7 Å². The van der Waals surface area contributed by atoms with E-state index in [4.69, 9.17) is 0 Å². The van der Waals surface area contributed by atoms with E-state index in [0.29, 0.717) is 5.82 Å². The van der Waals surface area contributed by atoms with Crippen LogP contribution in [0.15, 0.2) is 28.7 Å². The third kappa shape index (κ3) is 3.28.